The van der Waals surface area contributed by atoms with Crippen LogP contribution in [0.4, 0.5) is 0 Å². The van der Waals surface area contributed by atoms with E-state index >= 15 is 0 Å². The van der Waals surface area contributed by atoms with Crippen molar-refractivity contribution in [3.05, 3.63) is 59.7 Å². The summed E-state index contributed by atoms with van der Waals surface area (Å²) >= 11 is 0. The SMILES string of the molecule is COc1cc(OC)c2c(c1)OC(c1ccccc1)C=C2. The minimum absolute atomic E-state index is 0.0829. The van der Waals surface area contributed by atoms with Crippen LogP contribution < -0.4 is 14.2 Å². The lowest BCUT2D eigenvalue weighted by atomic mass is 10.0. The lowest BCUT2D eigenvalue weighted by molar-refractivity contribution is 0.248. The molecule has 102 valence electrons. The van der Waals surface area contributed by atoms with Gasteiger partial charge in [0.1, 0.15) is 23.4 Å². The molecule has 0 fully saturated rings. The number of hydrogen-bond donors (Lipinski definition) is 0. The first-order chi connectivity index (χ1) is 9.81. The van der Waals surface area contributed by atoms with E-state index in [1.807, 2.05) is 42.5 Å². The molecule has 3 nitrogen and oxygen atoms in total. The molecule has 2 aromatic carbocycles. The average Bonchev–Trinajstić information content (AvgIpc) is 2.54. The van der Waals surface area contributed by atoms with Crippen molar-refractivity contribution in [3.8, 4) is 17.2 Å². The van der Waals surface area contributed by atoms with Crippen LogP contribution in [0.2, 0.25) is 0 Å². The maximum absolute atomic E-state index is 6.06. The summed E-state index contributed by atoms with van der Waals surface area (Å²) in [6.45, 7) is 0. The van der Waals surface area contributed by atoms with Crippen LogP contribution in [0.3, 0.4) is 0 Å². The third-order valence-electron chi connectivity index (χ3n) is 3.35. The third-order valence-corrected chi connectivity index (χ3v) is 3.35. The molecule has 1 heterocycles. The van der Waals surface area contributed by atoms with Gasteiger partial charge in [0, 0.05) is 12.1 Å². The van der Waals surface area contributed by atoms with E-state index < -0.39 is 0 Å². The summed E-state index contributed by atoms with van der Waals surface area (Å²) in [4.78, 5) is 0. The number of hydrogen-bond acceptors (Lipinski definition) is 3. The Morgan fingerprint density at radius 3 is 2.50 bits per heavy atom. The number of benzene rings is 2. The van der Waals surface area contributed by atoms with Crippen molar-refractivity contribution in [1.82, 2.24) is 0 Å². The normalized spacial score (nSPS) is 16.2. The lowest BCUT2D eigenvalue weighted by Gasteiger charge is -2.23. The Hall–Kier alpha value is -2.42. The van der Waals surface area contributed by atoms with Gasteiger partial charge in [-0.15, -0.1) is 0 Å². The molecule has 0 N–H and O–H groups in total. The highest BCUT2D eigenvalue weighted by atomic mass is 16.5. The van der Waals surface area contributed by atoms with Crippen LogP contribution in [0.25, 0.3) is 6.08 Å². The number of fused-ring (bicyclic) bond motifs is 1. The summed E-state index contributed by atoms with van der Waals surface area (Å²) in [5, 5.41) is 0. The molecule has 1 atom stereocenters. The second kappa shape index (κ2) is 5.29. The highest BCUT2D eigenvalue weighted by Crippen LogP contribution is 2.40. The first-order valence-corrected chi connectivity index (χ1v) is 6.47. The predicted molar refractivity (Wildman–Crippen MR) is 78.4 cm³/mol. The topological polar surface area (TPSA) is 27.7 Å². The van der Waals surface area contributed by atoms with Gasteiger partial charge in [-0.25, -0.2) is 0 Å². The first kappa shape index (κ1) is 12.6. The van der Waals surface area contributed by atoms with Crippen molar-refractivity contribution in [2.75, 3.05) is 14.2 Å². The fraction of sp³-hybridized carbons (Fsp3) is 0.176. The van der Waals surface area contributed by atoms with Crippen molar-refractivity contribution in [2.24, 2.45) is 0 Å². The van der Waals surface area contributed by atoms with E-state index in [1.165, 1.54) is 0 Å². The van der Waals surface area contributed by atoms with Gasteiger partial charge in [0.25, 0.3) is 0 Å². The maximum atomic E-state index is 6.06. The minimum atomic E-state index is -0.0829. The molecule has 0 aromatic heterocycles. The lowest BCUT2D eigenvalue weighted by Crippen LogP contribution is -2.09. The van der Waals surface area contributed by atoms with Gasteiger partial charge in [-0.05, 0) is 17.7 Å². The molecule has 0 saturated carbocycles. The van der Waals surface area contributed by atoms with Crippen molar-refractivity contribution in [3.63, 3.8) is 0 Å². The van der Waals surface area contributed by atoms with Gasteiger partial charge >= 0.3 is 0 Å². The standard InChI is InChI=1S/C17H16O3/c1-18-13-10-16(19-2)14-8-9-15(20-17(14)11-13)12-6-4-3-5-7-12/h3-11,15H,1-2H3. The number of rotatable bonds is 3. The summed E-state index contributed by atoms with van der Waals surface area (Å²) in [7, 11) is 3.28. The van der Waals surface area contributed by atoms with Crippen LogP contribution in [0, 0.1) is 0 Å². The zero-order valence-corrected chi connectivity index (χ0v) is 11.5. The van der Waals surface area contributed by atoms with Gasteiger partial charge in [-0.2, -0.15) is 0 Å². The molecule has 3 rings (SSSR count). The van der Waals surface area contributed by atoms with Gasteiger partial charge < -0.3 is 14.2 Å². The number of ether oxygens (including phenoxy) is 3. The molecule has 0 amide bonds. The summed E-state index contributed by atoms with van der Waals surface area (Å²) in [5.74, 6) is 2.25. The van der Waals surface area contributed by atoms with Gasteiger partial charge in [0.2, 0.25) is 0 Å². The Kier molecular flexibility index (Phi) is 3.33. The summed E-state index contributed by atoms with van der Waals surface area (Å²) < 4.78 is 16.7. The molecule has 0 saturated heterocycles. The van der Waals surface area contributed by atoms with Crippen LogP contribution in [0.1, 0.15) is 17.2 Å². The largest absolute Gasteiger partial charge is 0.496 e. The number of methoxy groups -OCH3 is 2. The smallest absolute Gasteiger partial charge is 0.142 e. The molecule has 1 aliphatic rings. The van der Waals surface area contributed by atoms with Crippen LogP contribution in [0.15, 0.2) is 48.5 Å². The molecule has 0 radical (unpaired) electrons. The fourth-order valence-corrected chi connectivity index (χ4v) is 2.31. The van der Waals surface area contributed by atoms with E-state index in [2.05, 4.69) is 12.1 Å². The van der Waals surface area contributed by atoms with Crippen LogP contribution >= 0.6 is 0 Å². The molecule has 20 heavy (non-hydrogen) atoms. The first-order valence-electron chi connectivity index (χ1n) is 6.47. The second-order valence-corrected chi connectivity index (χ2v) is 4.55. The Labute approximate surface area is 118 Å². The highest BCUT2D eigenvalue weighted by Gasteiger charge is 2.20. The van der Waals surface area contributed by atoms with E-state index in [1.54, 1.807) is 14.2 Å². The van der Waals surface area contributed by atoms with Crippen molar-refractivity contribution >= 4 is 6.08 Å². The van der Waals surface area contributed by atoms with Gasteiger partial charge in [-0.3, -0.25) is 0 Å². The molecular formula is C17H16O3. The monoisotopic (exact) mass is 268 g/mol. The van der Waals surface area contributed by atoms with Gasteiger partial charge in [-0.1, -0.05) is 30.3 Å². The van der Waals surface area contributed by atoms with E-state index in [-0.39, 0.29) is 6.10 Å². The fourth-order valence-electron chi connectivity index (χ4n) is 2.31. The predicted octanol–water partition coefficient (Wildman–Crippen LogP) is 3.85. The third kappa shape index (κ3) is 2.23. The zero-order chi connectivity index (χ0) is 13.9. The Balaban J connectivity index is 1.99. The van der Waals surface area contributed by atoms with E-state index in [4.69, 9.17) is 14.2 Å². The summed E-state index contributed by atoms with van der Waals surface area (Å²) in [6.07, 6.45) is 3.99. The molecule has 0 bridgehead atoms. The molecule has 0 aliphatic carbocycles. The molecule has 3 heteroatoms. The zero-order valence-electron chi connectivity index (χ0n) is 11.5. The van der Waals surface area contributed by atoms with Gasteiger partial charge in [0.05, 0.1) is 19.8 Å². The van der Waals surface area contributed by atoms with Crippen LogP contribution in [-0.4, -0.2) is 14.2 Å². The average molecular weight is 268 g/mol. The summed E-state index contributed by atoms with van der Waals surface area (Å²) in [5.41, 5.74) is 2.07. The van der Waals surface area contributed by atoms with Crippen molar-refractivity contribution in [2.45, 2.75) is 6.10 Å². The van der Waals surface area contributed by atoms with Gasteiger partial charge in [0.15, 0.2) is 0 Å². The Bertz CT molecular complexity index is 632. The second-order valence-electron chi connectivity index (χ2n) is 4.55. The molecule has 1 aliphatic heterocycles. The summed E-state index contributed by atoms with van der Waals surface area (Å²) in [6, 6.07) is 13.9. The molecule has 1 unspecified atom stereocenters. The van der Waals surface area contributed by atoms with E-state index in [0.29, 0.717) is 0 Å². The van der Waals surface area contributed by atoms with E-state index in [9.17, 15) is 0 Å². The highest BCUT2D eigenvalue weighted by molar-refractivity contribution is 5.68. The van der Waals surface area contributed by atoms with Crippen LogP contribution in [0.5, 0.6) is 17.2 Å². The minimum Gasteiger partial charge on any atom is -0.496 e. The maximum Gasteiger partial charge on any atom is 0.142 e. The quantitative estimate of drug-likeness (QED) is 0.846. The van der Waals surface area contributed by atoms with Crippen molar-refractivity contribution in [1.29, 1.82) is 0 Å². The molecule has 2 aromatic rings. The molecule has 0 spiro atoms. The Morgan fingerprint density at radius 1 is 1.00 bits per heavy atom. The van der Waals surface area contributed by atoms with E-state index in [0.717, 1.165) is 28.4 Å². The van der Waals surface area contributed by atoms with Crippen LogP contribution in [-0.2, 0) is 0 Å². The Morgan fingerprint density at radius 2 is 1.80 bits per heavy atom. The van der Waals surface area contributed by atoms with Crippen molar-refractivity contribution < 1.29 is 14.2 Å². The molecular weight excluding hydrogens is 252 g/mol.